The minimum atomic E-state index is -5.00. The number of phosphoric ester groups is 1. The van der Waals surface area contributed by atoms with Gasteiger partial charge in [0.15, 0.2) is 17.5 Å². The summed E-state index contributed by atoms with van der Waals surface area (Å²) in [5.41, 5.74) is 3.52. The molecule has 59 heavy (non-hydrogen) atoms. The number of ether oxygens (including phenoxy) is 2. The minimum Gasteiger partial charge on any atom is -0.386 e. The van der Waals surface area contributed by atoms with Gasteiger partial charge in [-0.05, 0) is 49.2 Å². The van der Waals surface area contributed by atoms with Crippen molar-refractivity contribution in [2.75, 3.05) is 25.9 Å². The highest BCUT2D eigenvalue weighted by atomic mass is 31.2. The number of nitrogens with zero attached hydrogens (tertiary/aromatic N) is 5. The zero-order valence-corrected chi connectivity index (χ0v) is 35.5. The summed E-state index contributed by atoms with van der Waals surface area (Å²) in [7, 11) is -3.40. The lowest BCUT2D eigenvalue weighted by molar-refractivity contribution is -0.146. The van der Waals surface area contributed by atoms with Crippen LogP contribution in [0.4, 0.5) is 10.2 Å². The number of halogens is 1. The normalized spacial score (nSPS) is 23.8. The molecule has 1 amide bonds. The van der Waals surface area contributed by atoms with E-state index in [1.807, 2.05) is 6.07 Å². The van der Waals surface area contributed by atoms with Crippen molar-refractivity contribution in [2.24, 2.45) is 0 Å². The van der Waals surface area contributed by atoms with Gasteiger partial charge >= 0.3 is 7.82 Å². The first-order valence-electron chi connectivity index (χ1n) is 21.1. The van der Waals surface area contributed by atoms with E-state index in [0.29, 0.717) is 17.8 Å². The monoisotopic (exact) mass is 844 g/mol. The van der Waals surface area contributed by atoms with Crippen molar-refractivity contribution in [1.29, 1.82) is 5.26 Å². The van der Waals surface area contributed by atoms with Crippen LogP contribution in [0.25, 0.3) is 5.52 Å². The summed E-state index contributed by atoms with van der Waals surface area (Å²) in [6, 6.07) is 8.77. The molecule has 1 aliphatic carbocycles. The molecule has 17 heteroatoms. The Morgan fingerprint density at radius 2 is 1.66 bits per heavy atom. The van der Waals surface area contributed by atoms with Crippen molar-refractivity contribution in [3.8, 4) is 6.07 Å². The van der Waals surface area contributed by atoms with E-state index in [1.165, 1.54) is 106 Å². The van der Waals surface area contributed by atoms with E-state index < -0.39 is 61.8 Å². The number of aliphatic hydroxyl groups is 2. The van der Waals surface area contributed by atoms with Gasteiger partial charge in [0.25, 0.3) is 5.91 Å². The number of fused-ring (bicyclic) bond motifs is 2. The molecule has 0 radical (unpaired) electrons. The van der Waals surface area contributed by atoms with Crippen molar-refractivity contribution in [2.45, 2.75) is 159 Å². The molecule has 326 valence electrons. The zero-order valence-electron chi connectivity index (χ0n) is 34.6. The van der Waals surface area contributed by atoms with Gasteiger partial charge in [0, 0.05) is 13.6 Å². The topological polar surface area (TPSA) is 215 Å². The molecule has 2 aliphatic rings. The zero-order chi connectivity index (χ0) is 42.6. The second-order valence-electron chi connectivity index (χ2n) is 16.2. The SMILES string of the molecule is CCCCCCCCCCCCCCCCCCN(C)C(=O)[C@H](COP(=O)(O)OC1[C@H]2O[C@@](C)(c3ccc4c(N)ncnn34)[C@H](O)[C@@]12O)OCc1cc(F)cc(C#N)c1. The first-order chi connectivity index (χ1) is 28.2. The number of nitrogen functional groups attached to an aromatic ring is 1. The molecule has 3 aromatic rings. The van der Waals surface area contributed by atoms with E-state index in [9.17, 15) is 34.1 Å². The second kappa shape index (κ2) is 21.3. The quantitative estimate of drug-likeness (QED) is 0.0457. The number of carbonyl (C=O) groups excluding carboxylic acids is 1. The van der Waals surface area contributed by atoms with Gasteiger partial charge in [0.1, 0.15) is 41.6 Å². The highest BCUT2D eigenvalue weighted by Gasteiger charge is 2.82. The summed E-state index contributed by atoms with van der Waals surface area (Å²) in [6.45, 7) is 3.16. The molecule has 3 heterocycles. The number of anilines is 1. The fraction of sp³-hybridized carbons (Fsp3) is 0.667. The number of phosphoric acid groups is 1. The highest BCUT2D eigenvalue weighted by molar-refractivity contribution is 7.47. The number of nitrogens with two attached hydrogens (primary N) is 1. The van der Waals surface area contributed by atoms with Crippen molar-refractivity contribution in [3.05, 3.63) is 59.3 Å². The lowest BCUT2D eigenvalue weighted by Gasteiger charge is -2.32. The van der Waals surface area contributed by atoms with Crippen LogP contribution in [0.15, 0.2) is 36.7 Å². The molecule has 2 aromatic heterocycles. The number of carbonyl (C=O) groups is 1. The van der Waals surface area contributed by atoms with Crippen molar-refractivity contribution in [1.82, 2.24) is 19.5 Å². The number of rotatable bonds is 27. The predicted octanol–water partition coefficient (Wildman–Crippen LogP) is 6.85. The van der Waals surface area contributed by atoms with Crippen LogP contribution in [-0.4, -0.2) is 90.7 Å². The molecule has 5 N–H and O–H groups in total. The Hall–Kier alpha value is -3.52. The number of aliphatic hydroxyl groups excluding tert-OH is 1. The smallest absolute Gasteiger partial charge is 0.386 e. The first-order valence-corrected chi connectivity index (χ1v) is 22.6. The molecular formula is C42H62FN6O9P. The van der Waals surface area contributed by atoms with E-state index in [1.54, 1.807) is 19.2 Å². The van der Waals surface area contributed by atoms with Crippen LogP contribution in [0.3, 0.4) is 0 Å². The van der Waals surface area contributed by atoms with Crippen LogP contribution >= 0.6 is 7.82 Å². The van der Waals surface area contributed by atoms with Gasteiger partial charge in [-0.15, -0.1) is 0 Å². The maximum Gasteiger partial charge on any atom is 0.472 e. The fourth-order valence-electron chi connectivity index (χ4n) is 8.01. The fourth-order valence-corrected chi connectivity index (χ4v) is 8.96. The number of nitriles is 1. The minimum absolute atomic E-state index is 0.0626. The molecule has 0 spiro atoms. The van der Waals surface area contributed by atoms with Crippen molar-refractivity contribution < 1.29 is 47.4 Å². The molecule has 5 rings (SSSR count). The lowest BCUT2D eigenvalue weighted by Crippen LogP contribution is -2.46. The van der Waals surface area contributed by atoms with Gasteiger partial charge in [-0.2, -0.15) is 10.4 Å². The highest BCUT2D eigenvalue weighted by Crippen LogP contribution is 2.63. The number of aromatic nitrogens is 3. The van der Waals surface area contributed by atoms with Crippen LogP contribution < -0.4 is 5.73 Å². The maximum absolute atomic E-state index is 14.2. The van der Waals surface area contributed by atoms with Crippen molar-refractivity contribution in [3.63, 3.8) is 0 Å². The molecule has 2 unspecified atom stereocenters. The molecule has 2 fully saturated rings. The van der Waals surface area contributed by atoms with E-state index in [2.05, 4.69) is 17.0 Å². The van der Waals surface area contributed by atoms with Crippen LogP contribution in [0.1, 0.15) is 133 Å². The third kappa shape index (κ3) is 11.9. The summed E-state index contributed by atoms with van der Waals surface area (Å²) in [4.78, 5) is 29.8. The molecule has 1 saturated heterocycles. The Kier molecular flexibility index (Phi) is 16.8. The predicted molar refractivity (Wildman–Crippen MR) is 218 cm³/mol. The Balaban J connectivity index is 1.08. The van der Waals surface area contributed by atoms with Crippen LogP contribution in [0.2, 0.25) is 0 Å². The average molecular weight is 845 g/mol. The third-order valence-electron chi connectivity index (χ3n) is 11.6. The Bertz CT molecular complexity index is 1930. The van der Waals surface area contributed by atoms with E-state index >= 15 is 0 Å². The van der Waals surface area contributed by atoms with Gasteiger partial charge in [0.2, 0.25) is 0 Å². The summed E-state index contributed by atoms with van der Waals surface area (Å²) < 4.78 is 51.2. The summed E-state index contributed by atoms with van der Waals surface area (Å²) in [5, 5.41) is 36.1. The Labute approximate surface area is 346 Å². The molecular weight excluding hydrogens is 782 g/mol. The molecule has 0 bridgehead atoms. The maximum atomic E-state index is 14.2. The van der Waals surface area contributed by atoms with Gasteiger partial charge in [-0.3, -0.25) is 13.8 Å². The lowest BCUT2D eigenvalue weighted by atomic mass is 9.91. The van der Waals surface area contributed by atoms with Gasteiger partial charge < -0.3 is 35.2 Å². The summed E-state index contributed by atoms with van der Waals surface area (Å²) >= 11 is 0. The van der Waals surface area contributed by atoms with Crippen molar-refractivity contribution >= 4 is 25.1 Å². The van der Waals surface area contributed by atoms with Gasteiger partial charge in [-0.1, -0.05) is 103 Å². The van der Waals surface area contributed by atoms with E-state index in [0.717, 1.165) is 37.8 Å². The Morgan fingerprint density at radius 1 is 1.05 bits per heavy atom. The molecule has 1 aliphatic heterocycles. The third-order valence-corrected chi connectivity index (χ3v) is 12.5. The largest absolute Gasteiger partial charge is 0.472 e. The summed E-state index contributed by atoms with van der Waals surface area (Å²) in [5.74, 6) is -1.00. The first kappa shape index (κ1) is 46.5. The number of hydrogen-bond donors (Lipinski definition) is 4. The standard InChI is InChI=1S/C42H62FN6O9P/c1-4-5-6-7-8-9-10-11-12-13-14-15-16-17-18-19-22-48(3)39(50)34(55-27-31-23-30(26-44)24-32(43)25-31)28-56-59(53,54)58-37-36-42(37,52)40(51)41(2,57-36)35-21-20-33-38(45)46-29-47-49(33)35/h20-21,23-25,29,34,36-37,40,51-52H,4-19,22,27-28H2,1-3H3,(H,53,54)(H2,45,46,47)/t34-,36+,37?,40-,41-,42-/m0/s1. The molecule has 1 aromatic carbocycles. The van der Waals surface area contributed by atoms with Crippen LogP contribution in [0, 0.1) is 17.1 Å². The van der Waals surface area contributed by atoms with E-state index in [4.69, 9.17) is 24.3 Å². The molecule has 15 nitrogen and oxygen atoms in total. The number of hydrogen-bond acceptors (Lipinski definition) is 12. The summed E-state index contributed by atoms with van der Waals surface area (Å²) in [6.07, 6.45) is 15.1. The van der Waals surface area contributed by atoms with Gasteiger partial charge in [0.05, 0.1) is 30.5 Å². The molecule has 1 saturated carbocycles. The number of benzene rings is 1. The number of amides is 1. The number of unbranched alkanes of at least 4 members (excludes halogenated alkanes) is 15. The second-order valence-corrected chi connectivity index (χ2v) is 17.6. The van der Waals surface area contributed by atoms with Gasteiger partial charge in [-0.25, -0.2) is 18.5 Å². The Morgan fingerprint density at radius 3 is 2.24 bits per heavy atom. The van der Waals surface area contributed by atoms with Crippen LogP contribution in [0.5, 0.6) is 0 Å². The average Bonchev–Trinajstić information content (AvgIpc) is 3.45. The molecule has 7 atom stereocenters. The number of likely N-dealkylation sites (N-methyl/N-ethyl adjacent to an activating group) is 1. The van der Waals surface area contributed by atoms with Crippen LogP contribution in [-0.2, 0) is 40.1 Å². The van der Waals surface area contributed by atoms with E-state index in [-0.39, 0.29) is 23.6 Å².